The molecule has 16 heavy (non-hydrogen) atoms. The van der Waals surface area contributed by atoms with E-state index in [1.54, 1.807) is 7.11 Å². The van der Waals surface area contributed by atoms with Crippen molar-refractivity contribution in [2.24, 2.45) is 0 Å². The van der Waals surface area contributed by atoms with E-state index in [1.165, 1.54) is 19.3 Å². The first-order valence-corrected chi connectivity index (χ1v) is 6.46. The maximum atomic E-state index is 10.3. The van der Waals surface area contributed by atoms with Gasteiger partial charge >= 0.3 is 0 Å². The van der Waals surface area contributed by atoms with E-state index in [9.17, 15) is 5.11 Å². The molecule has 1 rings (SSSR count). The Balaban J connectivity index is 2.15. The van der Waals surface area contributed by atoms with E-state index in [-0.39, 0.29) is 5.60 Å². The number of ether oxygens (including phenoxy) is 1. The smallest absolute Gasteiger partial charge is 0.0771 e. The Bertz CT molecular complexity index is 198. The van der Waals surface area contributed by atoms with E-state index in [1.807, 2.05) is 0 Å². The minimum Gasteiger partial charge on any atom is -0.389 e. The lowest BCUT2D eigenvalue weighted by atomic mass is 9.85. The summed E-state index contributed by atoms with van der Waals surface area (Å²) in [7, 11) is 1.74. The first-order valence-electron chi connectivity index (χ1n) is 6.46. The number of methoxy groups -OCH3 is 1. The molecule has 1 aliphatic carbocycles. The van der Waals surface area contributed by atoms with Gasteiger partial charge in [-0.05, 0) is 39.7 Å². The molecule has 0 aromatic heterocycles. The predicted molar refractivity (Wildman–Crippen MR) is 66.6 cm³/mol. The molecule has 0 amide bonds. The maximum Gasteiger partial charge on any atom is 0.0771 e. The average Bonchev–Trinajstić information content (AvgIpc) is 2.26. The SMILES string of the molecule is COC(C)(C)CCNCC1(O)CCCCC1. The van der Waals surface area contributed by atoms with Crippen LogP contribution in [0.5, 0.6) is 0 Å². The van der Waals surface area contributed by atoms with Crippen LogP contribution in [0, 0.1) is 0 Å². The van der Waals surface area contributed by atoms with E-state index in [0.717, 1.165) is 32.4 Å². The van der Waals surface area contributed by atoms with Crippen molar-refractivity contribution in [3.8, 4) is 0 Å². The summed E-state index contributed by atoms with van der Waals surface area (Å²) in [6.45, 7) is 5.81. The Kier molecular flexibility index (Phi) is 5.22. The Labute approximate surface area is 99.6 Å². The fourth-order valence-electron chi connectivity index (χ4n) is 2.20. The second-order valence-electron chi connectivity index (χ2n) is 5.68. The normalized spacial score (nSPS) is 21.0. The first-order chi connectivity index (χ1) is 7.47. The highest BCUT2D eigenvalue weighted by molar-refractivity contribution is 4.84. The molecule has 0 unspecified atom stereocenters. The molecule has 0 atom stereocenters. The van der Waals surface area contributed by atoms with Crippen molar-refractivity contribution in [1.29, 1.82) is 0 Å². The van der Waals surface area contributed by atoms with Gasteiger partial charge in [-0.1, -0.05) is 19.3 Å². The molecule has 0 saturated heterocycles. The van der Waals surface area contributed by atoms with Gasteiger partial charge in [0, 0.05) is 13.7 Å². The first kappa shape index (κ1) is 13.9. The summed E-state index contributed by atoms with van der Waals surface area (Å²) < 4.78 is 5.35. The third-order valence-corrected chi connectivity index (χ3v) is 3.69. The average molecular weight is 229 g/mol. The third-order valence-electron chi connectivity index (χ3n) is 3.69. The van der Waals surface area contributed by atoms with Crippen LogP contribution < -0.4 is 5.32 Å². The van der Waals surface area contributed by atoms with Crippen molar-refractivity contribution in [2.45, 2.75) is 63.6 Å². The summed E-state index contributed by atoms with van der Waals surface area (Å²) in [6.07, 6.45) is 6.49. The molecule has 0 aromatic rings. The molecule has 1 fully saturated rings. The van der Waals surface area contributed by atoms with Gasteiger partial charge < -0.3 is 15.2 Å². The largest absolute Gasteiger partial charge is 0.389 e. The number of hydrogen-bond donors (Lipinski definition) is 2. The van der Waals surface area contributed by atoms with Crippen molar-refractivity contribution in [3.63, 3.8) is 0 Å². The monoisotopic (exact) mass is 229 g/mol. The summed E-state index contributed by atoms with van der Waals surface area (Å²) in [4.78, 5) is 0. The van der Waals surface area contributed by atoms with Gasteiger partial charge in [-0.2, -0.15) is 0 Å². The number of nitrogens with one attached hydrogen (secondary N) is 1. The summed E-state index contributed by atoms with van der Waals surface area (Å²) in [5.74, 6) is 0. The van der Waals surface area contributed by atoms with Crippen molar-refractivity contribution < 1.29 is 9.84 Å². The van der Waals surface area contributed by atoms with Crippen LogP contribution in [0.25, 0.3) is 0 Å². The predicted octanol–water partition coefficient (Wildman–Crippen LogP) is 2.09. The zero-order valence-corrected chi connectivity index (χ0v) is 11.0. The quantitative estimate of drug-likeness (QED) is 0.685. The minimum absolute atomic E-state index is 0.0673. The summed E-state index contributed by atoms with van der Waals surface area (Å²) in [6, 6.07) is 0. The van der Waals surface area contributed by atoms with Crippen molar-refractivity contribution in [2.75, 3.05) is 20.2 Å². The van der Waals surface area contributed by atoms with Gasteiger partial charge in [0.25, 0.3) is 0 Å². The molecule has 1 aliphatic rings. The summed E-state index contributed by atoms with van der Waals surface area (Å²) in [5, 5.41) is 13.6. The molecule has 3 heteroatoms. The highest BCUT2D eigenvalue weighted by Crippen LogP contribution is 2.27. The van der Waals surface area contributed by atoms with Gasteiger partial charge in [0.1, 0.15) is 0 Å². The Morgan fingerprint density at radius 3 is 2.44 bits per heavy atom. The van der Waals surface area contributed by atoms with Crippen LogP contribution in [0.1, 0.15) is 52.4 Å². The summed E-state index contributed by atoms with van der Waals surface area (Å²) in [5.41, 5.74) is -0.516. The molecule has 0 heterocycles. The molecule has 0 spiro atoms. The van der Waals surface area contributed by atoms with Gasteiger partial charge in [-0.25, -0.2) is 0 Å². The molecule has 0 aliphatic heterocycles. The van der Waals surface area contributed by atoms with Crippen LogP contribution in [0.3, 0.4) is 0 Å². The van der Waals surface area contributed by atoms with Crippen molar-refractivity contribution in [1.82, 2.24) is 5.32 Å². The fourth-order valence-corrected chi connectivity index (χ4v) is 2.20. The van der Waals surface area contributed by atoms with Gasteiger partial charge in [0.2, 0.25) is 0 Å². The molecule has 3 nitrogen and oxygen atoms in total. The van der Waals surface area contributed by atoms with Gasteiger partial charge in [-0.15, -0.1) is 0 Å². The lowest BCUT2D eigenvalue weighted by Gasteiger charge is -2.32. The minimum atomic E-state index is -0.449. The van der Waals surface area contributed by atoms with Crippen LogP contribution in [0.4, 0.5) is 0 Å². The van der Waals surface area contributed by atoms with Crippen LogP contribution in [0.2, 0.25) is 0 Å². The molecular formula is C13H27NO2. The molecular weight excluding hydrogens is 202 g/mol. The maximum absolute atomic E-state index is 10.3. The third kappa shape index (κ3) is 4.81. The van der Waals surface area contributed by atoms with Crippen LogP contribution >= 0.6 is 0 Å². The number of aliphatic hydroxyl groups is 1. The Morgan fingerprint density at radius 1 is 1.25 bits per heavy atom. The zero-order chi connectivity index (χ0) is 12.1. The van der Waals surface area contributed by atoms with Crippen molar-refractivity contribution >= 4 is 0 Å². The summed E-state index contributed by atoms with van der Waals surface area (Å²) >= 11 is 0. The Morgan fingerprint density at radius 2 is 1.88 bits per heavy atom. The van der Waals surface area contributed by atoms with Crippen LogP contribution in [0.15, 0.2) is 0 Å². The lowest BCUT2D eigenvalue weighted by molar-refractivity contribution is -0.00256. The zero-order valence-electron chi connectivity index (χ0n) is 11.0. The highest BCUT2D eigenvalue weighted by atomic mass is 16.5. The van der Waals surface area contributed by atoms with Gasteiger partial charge in [0.05, 0.1) is 11.2 Å². The molecule has 2 N–H and O–H groups in total. The molecule has 0 radical (unpaired) electrons. The van der Waals surface area contributed by atoms with Crippen molar-refractivity contribution in [3.05, 3.63) is 0 Å². The van der Waals surface area contributed by atoms with E-state index in [0.29, 0.717) is 0 Å². The second-order valence-corrected chi connectivity index (χ2v) is 5.68. The second kappa shape index (κ2) is 5.99. The number of rotatable bonds is 6. The van der Waals surface area contributed by atoms with E-state index < -0.39 is 5.60 Å². The van der Waals surface area contributed by atoms with Gasteiger partial charge in [0.15, 0.2) is 0 Å². The molecule has 96 valence electrons. The Hall–Kier alpha value is -0.120. The van der Waals surface area contributed by atoms with E-state index in [2.05, 4.69) is 19.2 Å². The highest BCUT2D eigenvalue weighted by Gasteiger charge is 2.28. The molecule has 0 bridgehead atoms. The van der Waals surface area contributed by atoms with Crippen LogP contribution in [-0.2, 0) is 4.74 Å². The van der Waals surface area contributed by atoms with E-state index in [4.69, 9.17) is 4.74 Å². The fraction of sp³-hybridized carbons (Fsp3) is 1.00. The molecule has 1 saturated carbocycles. The van der Waals surface area contributed by atoms with Gasteiger partial charge in [-0.3, -0.25) is 0 Å². The van der Waals surface area contributed by atoms with E-state index >= 15 is 0 Å². The number of hydrogen-bond acceptors (Lipinski definition) is 3. The van der Waals surface area contributed by atoms with Crippen LogP contribution in [-0.4, -0.2) is 36.5 Å². The molecule has 0 aromatic carbocycles. The standard InChI is InChI=1S/C13H27NO2/c1-12(2,16-3)9-10-14-11-13(15)7-5-4-6-8-13/h14-15H,4-11H2,1-3H3. The lowest BCUT2D eigenvalue weighted by Crippen LogP contribution is -2.43. The topological polar surface area (TPSA) is 41.5 Å².